The van der Waals surface area contributed by atoms with Gasteiger partial charge in [-0.3, -0.25) is 9.80 Å². The molecule has 0 aromatic carbocycles. The molecule has 1 saturated carbocycles. The molecule has 0 amide bonds. The molecule has 2 nitrogen and oxygen atoms in total. The van der Waals surface area contributed by atoms with Gasteiger partial charge in [-0.15, -0.1) is 0 Å². The van der Waals surface area contributed by atoms with Gasteiger partial charge in [-0.05, 0) is 32.9 Å². The van der Waals surface area contributed by atoms with Crippen molar-refractivity contribution in [2.45, 2.75) is 57.4 Å². The average Bonchev–Trinajstić information content (AvgIpc) is 2.64. The minimum absolute atomic E-state index is 0.836. The minimum atomic E-state index is 0.836. The molecule has 1 atom stereocenters. The fraction of sp³-hybridized carbons (Fsp3) is 1.00. The van der Waals surface area contributed by atoms with Crippen molar-refractivity contribution in [1.29, 1.82) is 0 Å². The lowest BCUT2D eigenvalue weighted by atomic mass is 9.89. The van der Waals surface area contributed by atoms with Crippen LogP contribution in [0.3, 0.4) is 0 Å². The topological polar surface area (TPSA) is 6.48 Å². The van der Waals surface area contributed by atoms with E-state index < -0.39 is 0 Å². The molecule has 16 heavy (non-hydrogen) atoms. The molecule has 0 bridgehead atoms. The van der Waals surface area contributed by atoms with E-state index in [2.05, 4.69) is 23.9 Å². The van der Waals surface area contributed by atoms with E-state index in [4.69, 9.17) is 0 Å². The quantitative estimate of drug-likeness (QED) is 0.675. The molecule has 0 N–H and O–H groups in total. The standard InChI is InChI=1S/C14H28N2/c1-15-11-14(16(2)12-15)13-9-7-5-3-4-6-8-10-13/h13-14H,3-12H2,1-2H3. The highest BCUT2D eigenvalue weighted by atomic mass is 15.4. The van der Waals surface area contributed by atoms with Crippen LogP contribution in [-0.2, 0) is 0 Å². The van der Waals surface area contributed by atoms with E-state index in [0.717, 1.165) is 12.0 Å². The van der Waals surface area contributed by atoms with Crippen molar-refractivity contribution in [2.75, 3.05) is 27.3 Å². The van der Waals surface area contributed by atoms with Gasteiger partial charge in [0.2, 0.25) is 0 Å². The number of nitrogens with zero attached hydrogens (tertiary/aromatic N) is 2. The first-order chi connectivity index (χ1) is 7.77. The van der Waals surface area contributed by atoms with Gasteiger partial charge < -0.3 is 0 Å². The zero-order chi connectivity index (χ0) is 11.4. The summed E-state index contributed by atoms with van der Waals surface area (Å²) in [6.07, 6.45) is 11.8. The molecule has 1 aliphatic heterocycles. The molecule has 1 aliphatic carbocycles. The Morgan fingerprint density at radius 3 is 1.88 bits per heavy atom. The average molecular weight is 224 g/mol. The fourth-order valence-corrected chi connectivity index (χ4v) is 3.56. The van der Waals surface area contributed by atoms with Crippen LogP contribution in [0.2, 0.25) is 0 Å². The molecule has 1 unspecified atom stereocenters. The Balaban J connectivity index is 1.89. The Bertz CT molecular complexity index is 195. The van der Waals surface area contributed by atoms with Crippen molar-refractivity contribution in [3.8, 4) is 0 Å². The molecule has 2 fully saturated rings. The summed E-state index contributed by atoms with van der Waals surface area (Å²) in [5.41, 5.74) is 0. The van der Waals surface area contributed by atoms with Crippen LogP contribution >= 0.6 is 0 Å². The van der Waals surface area contributed by atoms with Crippen molar-refractivity contribution in [3.05, 3.63) is 0 Å². The first kappa shape index (κ1) is 12.4. The Labute approximate surface area is 101 Å². The Morgan fingerprint density at radius 1 is 0.812 bits per heavy atom. The van der Waals surface area contributed by atoms with E-state index in [1.165, 1.54) is 64.6 Å². The van der Waals surface area contributed by atoms with Gasteiger partial charge in [0.1, 0.15) is 0 Å². The molecule has 2 heteroatoms. The van der Waals surface area contributed by atoms with Gasteiger partial charge in [-0.25, -0.2) is 0 Å². The molecule has 1 heterocycles. The highest BCUT2D eigenvalue weighted by Crippen LogP contribution is 2.29. The minimum Gasteiger partial charge on any atom is -0.292 e. The highest BCUT2D eigenvalue weighted by molar-refractivity contribution is 4.85. The third-order valence-electron chi connectivity index (χ3n) is 4.47. The summed E-state index contributed by atoms with van der Waals surface area (Å²) in [5, 5.41) is 0. The zero-order valence-electron chi connectivity index (χ0n) is 11.1. The van der Waals surface area contributed by atoms with Crippen molar-refractivity contribution < 1.29 is 0 Å². The molecular formula is C14H28N2. The molecule has 0 radical (unpaired) electrons. The second-order valence-electron chi connectivity index (χ2n) is 5.96. The second kappa shape index (κ2) is 6.02. The van der Waals surface area contributed by atoms with Crippen LogP contribution < -0.4 is 0 Å². The number of likely N-dealkylation sites (N-methyl/N-ethyl adjacent to an activating group) is 2. The van der Waals surface area contributed by atoms with Gasteiger partial charge in [0.25, 0.3) is 0 Å². The summed E-state index contributed by atoms with van der Waals surface area (Å²) in [7, 11) is 4.56. The maximum absolute atomic E-state index is 2.57. The van der Waals surface area contributed by atoms with Crippen molar-refractivity contribution in [3.63, 3.8) is 0 Å². The number of hydrogen-bond donors (Lipinski definition) is 0. The Kier molecular flexibility index (Phi) is 4.66. The first-order valence-corrected chi connectivity index (χ1v) is 7.16. The highest BCUT2D eigenvalue weighted by Gasteiger charge is 2.31. The van der Waals surface area contributed by atoms with Crippen molar-refractivity contribution >= 4 is 0 Å². The molecule has 0 spiro atoms. The van der Waals surface area contributed by atoms with Crippen molar-refractivity contribution in [2.24, 2.45) is 5.92 Å². The van der Waals surface area contributed by atoms with Crippen LogP contribution in [0.1, 0.15) is 51.4 Å². The number of rotatable bonds is 1. The smallest absolute Gasteiger partial charge is 0.0504 e. The van der Waals surface area contributed by atoms with Crippen LogP contribution in [0.15, 0.2) is 0 Å². The fourth-order valence-electron chi connectivity index (χ4n) is 3.56. The van der Waals surface area contributed by atoms with E-state index in [-0.39, 0.29) is 0 Å². The molecule has 0 aromatic rings. The lowest BCUT2D eigenvalue weighted by Crippen LogP contribution is -2.34. The first-order valence-electron chi connectivity index (χ1n) is 7.16. The SMILES string of the molecule is CN1CC(C2CCCCCCCC2)N(C)C1. The monoisotopic (exact) mass is 224 g/mol. The van der Waals surface area contributed by atoms with E-state index in [1.807, 2.05) is 0 Å². The van der Waals surface area contributed by atoms with Gasteiger partial charge in [0.05, 0.1) is 6.67 Å². The summed E-state index contributed by atoms with van der Waals surface area (Å²) in [6, 6.07) is 0.836. The third-order valence-corrected chi connectivity index (χ3v) is 4.47. The summed E-state index contributed by atoms with van der Waals surface area (Å²) in [5.74, 6) is 0.966. The summed E-state index contributed by atoms with van der Waals surface area (Å²) in [4.78, 5) is 5.04. The Morgan fingerprint density at radius 2 is 1.38 bits per heavy atom. The van der Waals surface area contributed by atoms with Gasteiger partial charge in [0.15, 0.2) is 0 Å². The van der Waals surface area contributed by atoms with Crippen LogP contribution in [-0.4, -0.2) is 43.2 Å². The molecule has 0 aromatic heterocycles. The van der Waals surface area contributed by atoms with E-state index in [1.54, 1.807) is 0 Å². The van der Waals surface area contributed by atoms with Crippen molar-refractivity contribution in [1.82, 2.24) is 9.80 Å². The zero-order valence-corrected chi connectivity index (χ0v) is 11.1. The number of hydrogen-bond acceptors (Lipinski definition) is 2. The third kappa shape index (κ3) is 3.21. The van der Waals surface area contributed by atoms with Gasteiger partial charge >= 0.3 is 0 Å². The Hall–Kier alpha value is -0.0800. The van der Waals surface area contributed by atoms with Gasteiger partial charge in [0, 0.05) is 12.6 Å². The predicted molar refractivity (Wildman–Crippen MR) is 69.5 cm³/mol. The lowest BCUT2D eigenvalue weighted by molar-refractivity contribution is 0.208. The maximum atomic E-state index is 2.57. The van der Waals surface area contributed by atoms with Crippen LogP contribution in [0.4, 0.5) is 0 Å². The summed E-state index contributed by atoms with van der Waals surface area (Å²) < 4.78 is 0. The van der Waals surface area contributed by atoms with E-state index in [0.29, 0.717) is 0 Å². The van der Waals surface area contributed by atoms with Gasteiger partial charge in [-0.1, -0.05) is 38.5 Å². The molecular weight excluding hydrogens is 196 g/mol. The molecule has 94 valence electrons. The lowest BCUT2D eigenvalue weighted by Gasteiger charge is -2.28. The maximum Gasteiger partial charge on any atom is 0.0504 e. The molecule has 2 rings (SSSR count). The van der Waals surface area contributed by atoms with Crippen LogP contribution in [0.25, 0.3) is 0 Å². The van der Waals surface area contributed by atoms with Crippen LogP contribution in [0, 0.1) is 5.92 Å². The molecule has 1 saturated heterocycles. The van der Waals surface area contributed by atoms with Gasteiger partial charge in [-0.2, -0.15) is 0 Å². The summed E-state index contributed by atoms with van der Waals surface area (Å²) >= 11 is 0. The van der Waals surface area contributed by atoms with E-state index >= 15 is 0 Å². The van der Waals surface area contributed by atoms with Crippen LogP contribution in [0.5, 0.6) is 0 Å². The summed E-state index contributed by atoms with van der Waals surface area (Å²) in [6.45, 7) is 2.46. The normalized spacial score (nSPS) is 32.2. The predicted octanol–water partition coefficient (Wildman–Crippen LogP) is 2.94. The largest absolute Gasteiger partial charge is 0.292 e. The second-order valence-corrected chi connectivity index (χ2v) is 5.96. The molecule has 2 aliphatic rings. The van der Waals surface area contributed by atoms with E-state index in [9.17, 15) is 0 Å².